The Kier molecular flexibility index (Phi) is 4.45. The molecule has 6 heteroatoms. The number of methoxy groups -OCH3 is 2. The average molecular weight is 378 g/mol. The lowest BCUT2D eigenvalue weighted by Crippen LogP contribution is -1.91. The highest BCUT2D eigenvalue weighted by atomic mass is 19.1. The van der Waals surface area contributed by atoms with Gasteiger partial charge in [0.1, 0.15) is 28.9 Å². The first kappa shape index (κ1) is 12.9. The quantitative estimate of drug-likeness (QED) is 0.430. The third-order valence-corrected chi connectivity index (χ3v) is 3.32. The lowest BCUT2D eigenvalue weighted by molar-refractivity contribution is -0.110. The van der Waals surface area contributed by atoms with Gasteiger partial charge in [-0.3, -0.25) is 4.79 Å². The molecule has 0 aromatic heterocycles. The molecule has 0 spiro atoms. The molecular formula is C21H18F2O4. The summed E-state index contributed by atoms with van der Waals surface area (Å²) in [5.74, 6) is -3.28. The molecule has 0 aliphatic carbocycles. The second-order valence-corrected chi connectivity index (χ2v) is 5.21. The third kappa shape index (κ3) is 5.81. The number of aliphatic hydroxyl groups is 1. The number of carbonyl (C=O) groups excluding carboxylic acids is 1. The predicted molar refractivity (Wildman–Crippen MR) is 99.7 cm³/mol. The highest BCUT2D eigenvalue weighted by Crippen LogP contribution is 2.22. The van der Waals surface area contributed by atoms with Crippen LogP contribution in [0.2, 0.25) is 0 Å². The van der Waals surface area contributed by atoms with Crippen molar-refractivity contribution < 1.29 is 36.4 Å². The molecule has 1 N–H and O–H groups in total. The van der Waals surface area contributed by atoms with Gasteiger partial charge in [0.15, 0.2) is 5.78 Å². The predicted octanol–water partition coefficient (Wildman–Crippen LogP) is 4.72. The van der Waals surface area contributed by atoms with Crippen molar-refractivity contribution in [2.45, 2.75) is 0 Å². The number of benzene rings is 2. The molecule has 2 rings (SSSR count). The van der Waals surface area contributed by atoms with Crippen LogP contribution < -0.4 is 9.47 Å². The maximum atomic E-state index is 13.4. The smallest absolute Gasteiger partial charge is 0.182 e. The summed E-state index contributed by atoms with van der Waals surface area (Å²) >= 11 is 0. The van der Waals surface area contributed by atoms with E-state index in [1.54, 1.807) is 0 Å². The number of carbonyl (C=O) groups is 1. The number of hydrogen-bond acceptors (Lipinski definition) is 4. The van der Waals surface area contributed by atoms with E-state index < -0.39 is 37.3 Å². The molecule has 0 fully saturated rings. The molecule has 0 saturated carbocycles. The zero-order valence-corrected chi connectivity index (χ0v) is 13.8. The molecule has 0 amide bonds. The van der Waals surface area contributed by atoms with Crippen molar-refractivity contribution in [2.75, 3.05) is 14.1 Å². The summed E-state index contributed by atoms with van der Waals surface area (Å²) < 4.78 is 79.0. The van der Waals surface area contributed by atoms with Gasteiger partial charge in [-0.15, -0.1) is 0 Å². The van der Waals surface area contributed by atoms with Gasteiger partial charge in [-0.05, 0) is 48.6 Å². The Balaban J connectivity index is 2.18. The van der Waals surface area contributed by atoms with E-state index in [2.05, 4.69) is 0 Å². The Morgan fingerprint density at radius 1 is 0.963 bits per heavy atom. The van der Waals surface area contributed by atoms with Gasteiger partial charge in [0.2, 0.25) is 0 Å². The van der Waals surface area contributed by atoms with Crippen LogP contribution >= 0.6 is 0 Å². The number of halogens is 2. The second kappa shape index (κ2) is 9.33. The van der Waals surface area contributed by atoms with Crippen LogP contribution in [-0.2, 0) is 4.79 Å². The number of allylic oxidation sites excluding steroid dienone is 3. The van der Waals surface area contributed by atoms with E-state index in [0.717, 1.165) is 42.5 Å². The molecule has 0 bridgehead atoms. The first-order valence-corrected chi connectivity index (χ1v) is 7.50. The minimum atomic E-state index is -2.83. The summed E-state index contributed by atoms with van der Waals surface area (Å²) in [5.41, 5.74) is 0.246. The number of aliphatic hydroxyl groups excluding tert-OH is 1. The zero-order chi connectivity index (χ0) is 24.8. The fraction of sp³-hybridized carbons (Fsp3) is 0.0952. The van der Waals surface area contributed by atoms with Crippen LogP contribution in [0.3, 0.4) is 0 Å². The molecule has 140 valence electrons. The fourth-order valence-electron chi connectivity index (χ4n) is 2.06. The van der Waals surface area contributed by atoms with E-state index in [9.17, 15) is 18.7 Å². The SMILES string of the molecule is [2H]C([2H])([2H])Oc1cc(F)ccc1/C=C/C(=O)/C=C(O)/C=C/c1ccc(F)cc1OC([2H])([2H])[2H]. The van der Waals surface area contributed by atoms with Crippen LogP contribution in [0, 0.1) is 11.6 Å². The molecule has 0 saturated heterocycles. The van der Waals surface area contributed by atoms with Crippen molar-refractivity contribution >= 4 is 17.9 Å². The van der Waals surface area contributed by atoms with E-state index in [1.807, 2.05) is 0 Å². The number of hydrogen-bond donors (Lipinski definition) is 1. The molecule has 0 atom stereocenters. The monoisotopic (exact) mass is 378 g/mol. The zero-order valence-electron chi connectivity index (χ0n) is 19.8. The Morgan fingerprint density at radius 3 is 2.00 bits per heavy atom. The summed E-state index contributed by atoms with van der Waals surface area (Å²) in [4.78, 5) is 12.1. The van der Waals surface area contributed by atoms with Crippen LogP contribution in [0.4, 0.5) is 8.78 Å². The molecule has 0 aliphatic rings. The topological polar surface area (TPSA) is 55.8 Å². The number of ketones is 1. The number of ether oxygens (including phenoxy) is 2. The van der Waals surface area contributed by atoms with Crippen molar-refractivity contribution in [3.63, 3.8) is 0 Å². The van der Waals surface area contributed by atoms with Gasteiger partial charge in [-0.25, -0.2) is 8.78 Å². The average Bonchev–Trinajstić information content (AvgIpc) is 2.64. The van der Waals surface area contributed by atoms with E-state index in [0.29, 0.717) is 0 Å². The Bertz CT molecular complexity index is 1100. The first-order chi connectivity index (χ1) is 15.2. The van der Waals surface area contributed by atoms with Crippen molar-refractivity contribution in [1.29, 1.82) is 0 Å². The molecule has 4 nitrogen and oxygen atoms in total. The first-order valence-electron chi connectivity index (χ1n) is 10.5. The lowest BCUT2D eigenvalue weighted by atomic mass is 10.1. The van der Waals surface area contributed by atoms with E-state index >= 15 is 0 Å². The molecule has 0 radical (unpaired) electrons. The minimum Gasteiger partial charge on any atom is -0.508 e. The maximum Gasteiger partial charge on any atom is 0.182 e. The number of rotatable bonds is 7. The van der Waals surface area contributed by atoms with E-state index in [-0.39, 0.29) is 22.6 Å². The van der Waals surface area contributed by atoms with Crippen molar-refractivity contribution in [2.24, 2.45) is 0 Å². The molecule has 0 aliphatic heterocycles. The van der Waals surface area contributed by atoms with Gasteiger partial charge >= 0.3 is 0 Å². The highest BCUT2D eigenvalue weighted by Gasteiger charge is 2.03. The van der Waals surface area contributed by atoms with Gasteiger partial charge in [0.05, 0.1) is 22.3 Å². The van der Waals surface area contributed by atoms with Crippen LogP contribution in [0.1, 0.15) is 19.4 Å². The summed E-state index contributed by atoms with van der Waals surface area (Å²) in [7, 11) is -5.65. The normalized spacial score (nSPS) is 16.1. The van der Waals surface area contributed by atoms with Crippen LogP contribution in [-0.4, -0.2) is 25.0 Å². The van der Waals surface area contributed by atoms with Crippen molar-refractivity contribution in [1.82, 2.24) is 0 Å². The molecule has 27 heavy (non-hydrogen) atoms. The highest BCUT2D eigenvalue weighted by molar-refractivity contribution is 6.02. The van der Waals surface area contributed by atoms with Gasteiger partial charge in [0, 0.05) is 29.3 Å². The molecule has 0 unspecified atom stereocenters. The summed E-state index contributed by atoms with van der Waals surface area (Å²) in [6.07, 6.45) is 5.26. The largest absolute Gasteiger partial charge is 0.508 e. The van der Waals surface area contributed by atoms with Gasteiger partial charge in [-0.1, -0.05) is 0 Å². The van der Waals surface area contributed by atoms with Gasteiger partial charge < -0.3 is 14.6 Å². The molecule has 0 heterocycles. The summed E-state index contributed by atoms with van der Waals surface area (Å²) in [5, 5.41) is 9.94. The standard InChI is InChI=1S/C21H18F2O4/c1-26-20-11-16(22)7-3-14(20)5-9-18(24)13-19(25)10-6-15-4-8-17(23)12-21(15)27-2/h3-13,24H,1-2H3/b9-5+,10-6+,18-13-/i1D3,2D3. The second-order valence-electron chi connectivity index (χ2n) is 5.21. The maximum absolute atomic E-state index is 13.4. The van der Waals surface area contributed by atoms with Crippen LogP contribution in [0.25, 0.3) is 12.2 Å². The van der Waals surface area contributed by atoms with Crippen LogP contribution in [0.15, 0.2) is 60.4 Å². The van der Waals surface area contributed by atoms with Gasteiger partial charge in [-0.2, -0.15) is 0 Å². The van der Waals surface area contributed by atoms with Gasteiger partial charge in [0.25, 0.3) is 0 Å². The Morgan fingerprint density at radius 2 is 1.48 bits per heavy atom. The Labute approximate surface area is 164 Å². The third-order valence-electron chi connectivity index (χ3n) is 3.32. The van der Waals surface area contributed by atoms with E-state index in [4.69, 9.17) is 17.7 Å². The van der Waals surface area contributed by atoms with Crippen LogP contribution in [0.5, 0.6) is 11.5 Å². The summed E-state index contributed by atoms with van der Waals surface area (Å²) in [6, 6.07) is 6.26. The molecular weight excluding hydrogens is 354 g/mol. The lowest BCUT2D eigenvalue weighted by Gasteiger charge is -2.04. The summed E-state index contributed by atoms with van der Waals surface area (Å²) in [6.45, 7) is 0. The minimum absolute atomic E-state index is 0.113. The van der Waals surface area contributed by atoms with Crippen molar-refractivity contribution in [3.05, 3.63) is 83.1 Å². The molecule has 2 aromatic carbocycles. The Hall–Kier alpha value is -3.41. The van der Waals surface area contributed by atoms with Crippen molar-refractivity contribution in [3.8, 4) is 11.5 Å². The fourth-order valence-corrected chi connectivity index (χ4v) is 2.06. The molecule has 2 aromatic rings. The van der Waals surface area contributed by atoms with E-state index in [1.165, 1.54) is 24.3 Å².